The first-order valence-corrected chi connectivity index (χ1v) is 9.53. The van der Waals surface area contributed by atoms with Crippen molar-refractivity contribution < 1.29 is 4.79 Å². The minimum absolute atomic E-state index is 0.0495. The third-order valence-electron chi connectivity index (χ3n) is 4.96. The van der Waals surface area contributed by atoms with E-state index < -0.39 is 0 Å². The molecule has 2 aromatic heterocycles. The molecule has 1 aliphatic heterocycles. The van der Waals surface area contributed by atoms with E-state index in [1.54, 1.807) is 12.3 Å². The number of aryl methyl sites for hydroxylation is 1. The molecule has 1 aliphatic carbocycles. The van der Waals surface area contributed by atoms with Gasteiger partial charge < -0.3 is 9.80 Å². The highest BCUT2D eigenvalue weighted by molar-refractivity contribution is 9.10. The SMILES string of the molecule is Cc1cc(C2CC2)cnc1N1CCN(C(=O)c2ccc(Br)nc2)CC1. The van der Waals surface area contributed by atoms with Crippen molar-refractivity contribution in [2.24, 2.45) is 0 Å². The first kappa shape index (κ1) is 16.5. The molecule has 0 aromatic carbocycles. The van der Waals surface area contributed by atoms with Crippen molar-refractivity contribution in [1.29, 1.82) is 0 Å². The predicted octanol–water partition coefficient (Wildman–Crippen LogP) is 3.39. The van der Waals surface area contributed by atoms with Crippen LogP contribution in [0, 0.1) is 6.92 Å². The number of carbonyl (C=O) groups is 1. The summed E-state index contributed by atoms with van der Waals surface area (Å²) in [6, 6.07) is 5.90. The second-order valence-electron chi connectivity index (χ2n) is 6.83. The van der Waals surface area contributed by atoms with E-state index in [4.69, 9.17) is 4.98 Å². The number of pyridine rings is 2. The molecule has 2 aromatic rings. The maximum absolute atomic E-state index is 12.6. The number of halogens is 1. The Morgan fingerprint density at radius 2 is 1.88 bits per heavy atom. The minimum atomic E-state index is 0.0495. The van der Waals surface area contributed by atoms with Crippen molar-refractivity contribution >= 4 is 27.7 Å². The van der Waals surface area contributed by atoms with Gasteiger partial charge in [0.15, 0.2) is 0 Å². The zero-order chi connectivity index (χ0) is 17.4. The Morgan fingerprint density at radius 1 is 1.12 bits per heavy atom. The molecule has 1 saturated heterocycles. The average Bonchev–Trinajstić information content (AvgIpc) is 3.47. The van der Waals surface area contributed by atoms with E-state index in [0.717, 1.165) is 29.4 Å². The lowest BCUT2D eigenvalue weighted by Crippen LogP contribution is -2.49. The van der Waals surface area contributed by atoms with Gasteiger partial charge in [0.2, 0.25) is 0 Å². The molecule has 3 heterocycles. The number of aromatic nitrogens is 2. The Kier molecular flexibility index (Phi) is 4.46. The molecule has 5 nitrogen and oxygen atoms in total. The fourth-order valence-corrected chi connectivity index (χ4v) is 3.60. The normalized spacial score (nSPS) is 17.7. The van der Waals surface area contributed by atoms with Crippen LogP contribution >= 0.6 is 15.9 Å². The monoisotopic (exact) mass is 400 g/mol. The summed E-state index contributed by atoms with van der Waals surface area (Å²) < 4.78 is 0.741. The summed E-state index contributed by atoms with van der Waals surface area (Å²) in [6.07, 6.45) is 6.25. The van der Waals surface area contributed by atoms with Gasteiger partial charge in [0.1, 0.15) is 10.4 Å². The molecular formula is C19H21BrN4O. The van der Waals surface area contributed by atoms with Crippen LogP contribution < -0.4 is 4.90 Å². The lowest BCUT2D eigenvalue weighted by Gasteiger charge is -2.36. The largest absolute Gasteiger partial charge is 0.353 e. The summed E-state index contributed by atoms with van der Waals surface area (Å²) in [6.45, 7) is 5.18. The van der Waals surface area contributed by atoms with Crippen LogP contribution in [0.4, 0.5) is 5.82 Å². The van der Waals surface area contributed by atoms with Crippen molar-refractivity contribution in [3.8, 4) is 0 Å². The topological polar surface area (TPSA) is 49.3 Å². The third kappa shape index (κ3) is 3.54. The van der Waals surface area contributed by atoms with Gasteiger partial charge in [0.05, 0.1) is 5.56 Å². The van der Waals surface area contributed by atoms with Crippen LogP contribution in [-0.4, -0.2) is 47.0 Å². The maximum Gasteiger partial charge on any atom is 0.255 e. The average molecular weight is 401 g/mol. The summed E-state index contributed by atoms with van der Waals surface area (Å²) in [7, 11) is 0. The third-order valence-corrected chi connectivity index (χ3v) is 5.43. The predicted molar refractivity (Wildman–Crippen MR) is 101 cm³/mol. The lowest BCUT2D eigenvalue weighted by atomic mass is 10.1. The van der Waals surface area contributed by atoms with Crippen LogP contribution in [0.1, 0.15) is 40.2 Å². The highest BCUT2D eigenvalue weighted by atomic mass is 79.9. The molecule has 0 N–H and O–H groups in total. The van der Waals surface area contributed by atoms with Crippen LogP contribution in [0.5, 0.6) is 0 Å². The van der Waals surface area contributed by atoms with E-state index in [1.165, 1.54) is 24.0 Å². The molecule has 0 spiro atoms. The molecule has 0 bridgehead atoms. The number of amides is 1. The molecule has 0 atom stereocenters. The molecule has 130 valence electrons. The van der Waals surface area contributed by atoms with Crippen molar-refractivity contribution in [2.75, 3.05) is 31.1 Å². The van der Waals surface area contributed by atoms with Crippen LogP contribution in [0.3, 0.4) is 0 Å². The van der Waals surface area contributed by atoms with Crippen LogP contribution in [0.25, 0.3) is 0 Å². The van der Waals surface area contributed by atoms with Gasteiger partial charge in [-0.25, -0.2) is 9.97 Å². The Balaban J connectivity index is 1.41. The highest BCUT2D eigenvalue weighted by Gasteiger charge is 2.26. The van der Waals surface area contributed by atoms with Gasteiger partial charge in [0, 0.05) is 38.6 Å². The molecule has 0 radical (unpaired) electrons. The van der Waals surface area contributed by atoms with Gasteiger partial charge in [0.25, 0.3) is 5.91 Å². The number of anilines is 1. The molecule has 6 heteroatoms. The summed E-state index contributed by atoms with van der Waals surface area (Å²) in [5, 5.41) is 0. The number of rotatable bonds is 3. The standard InChI is InChI=1S/C19H21BrN4O/c1-13-10-16(14-2-3-14)12-22-18(13)23-6-8-24(9-7-23)19(25)15-4-5-17(20)21-11-15/h4-5,10-12,14H,2-3,6-9H2,1H3. The Hall–Kier alpha value is -1.95. The zero-order valence-corrected chi connectivity index (χ0v) is 15.9. The summed E-state index contributed by atoms with van der Waals surface area (Å²) in [5.74, 6) is 1.84. The Bertz CT molecular complexity index is 781. The van der Waals surface area contributed by atoms with E-state index in [9.17, 15) is 4.79 Å². The van der Waals surface area contributed by atoms with E-state index in [2.05, 4.69) is 38.8 Å². The number of nitrogens with zero attached hydrogens (tertiary/aromatic N) is 4. The van der Waals surface area contributed by atoms with Crippen molar-refractivity contribution in [1.82, 2.24) is 14.9 Å². The zero-order valence-electron chi connectivity index (χ0n) is 14.3. The van der Waals surface area contributed by atoms with Gasteiger partial charge in [-0.15, -0.1) is 0 Å². The van der Waals surface area contributed by atoms with Gasteiger partial charge in [-0.1, -0.05) is 6.07 Å². The van der Waals surface area contributed by atoms with Gasteiger partial charge >= 0.3 is 0 Å². The summed E-state index contributed by atoms with van der Waals surface area (Å²) >= 11 is 3.30. The number of hydrogen-bond acceptors (Lipinski definition) is 4. The van der Waals surface area contributed by atoms with Crippen molar-refractivity contribution in [2.45, 2.75) is 25.7 Å². The van der Waals surface area contributed by atoms with Crippen LogP contribution in [0.2, 0.25) is 0 Å². The van der Waals surface area contributed by atoms with E-state index >= 15 is 0 Å². The minimum Gasteiger partial charge on any atom is -0.353 e. The quantitative estimate of drug-likeness (QED) is 0.740. The van der Waals surface area contributed by atoms with Crippen LogP contribution in [-0.2, 0) is 0 Å². The van der Waals surface area contributed by atoms with E-state index in [-0.39, 0.29) is 5.91 Å². The number of hydrogen-bond donors (Lipinski definition) is 0. The molecule has 4 rings (SSSR count). The van der Waals surface area contributed by atoms with Gasteiger partial charge in [-0.2, -0.15) is 0 Å². The van der Waals surface area contributed by atoms with Crippen LogP contribution in [0.15, 0.2) is 35.2 Å². The summed E-state index contributed by atoms with van der Waals surface area (Å²) in [5.41, 5.74) is 3.25. The van der Waals surface area contributed by atoms with E-state index in [0.29, 0.717) is 18.7 Å². The maximum atomic E-state index is 12.6. The highest BCUT2D eigenvalue weighted by Crippen LogP contribution is 2.40. The molecule has 1 saturated carbocycles. The van der Waals surface area contributed by atoms with Crippen molar-refractivity contribution in [3.05, 3.63) is 51.9 Å². The lowest BCUT2D eigenvalue weighted by molar-refractivity contribution is 0.0746. The fourth-order valence-electron chi connectivity index (χ4n) is 3.37. The van der Waals surface area contributed by atoms with Crippen molar-refractivity contribution in [3.63, 3.8) is 0 Å². The molecule has 2 aliphatic rings. The second kappa shape index (κ2) is 6.75. The number of piperazine rings is 1. The van der Waals surface area contributed by atoms with Gasteiger partial charge in [-0.05, 0) is 64.9 Å². The molecular weight excluding hydrogens is 380 g/mol. The molecule has 1 amide bonds. The Morgan fingerprint density at radius 3 is 2.48 bits per heavy atom. The number of carbonyl (C=O) groups excluding carboxylic acids is 1. The van der Waals surface area contributed by atoms with Gasteiger partial charge in [-0.3, -0.25) is 4.79 Å². The fraction of sp³-hybridized carbons (Fsp3) is 0.421. The summed E-state index contributed by atoms with van der Waals surface area (Å²) in [4.78, 5) is 25.6. The smallest absolute Gasteiger partial charge is 0.255 e. The Labute approximate surface area is 156 Å². The molecule has 25 heavy (non-hydrogen) atoms. The first-order chi connectivity index (χ1) is 12.1. The van der Waals surface area contributed by atoms with E-state index in [1.807, 2.05) is 17.2 Å². The first-order valence-electron chi connectivity index (χ1n) is 8.74. The second-order valence-corrected chi connectivity index (χ2v) is 7.64. The molecule has 2 fully saturated rings. The molecule has 0 unspecified atom stereocenters.